The zero-order valence-electron chi connectivity index (χ0n) is 19.6. The van der Waals surface area contributed by atoms with E-state index >= 15 is 0 Å². The molecule has 0 saturated carbocycles. The predicted molar refractivity (Wildman–Crippen MR) is 143 cm³/mol. The molecule has 36 heavy (non-hydrogen) atoms. The Labute approximate surface area is 211 Å². The van der Waals surface area contributed by atoms with Crippen molar-refractivity contribution in [1.82, 2.24) is 0 Å². The highest BCUT2D eigenvalue weighted by Crippen LogP contribution is 2.46. The zero-order chi connectivity index (χ0) is 26.4. The molecule has 7 nitrogen and oxygen atoms in total. The van der Waals surface area contributed by atoms with E-state index in [0.717, 1.165) is 5.56 Å². The lowest BCUT2D eigenvalue weighted by atomic mass is 10.0. The van der Waals surface area contributed by atoms with Crippen LogP contribution >= 0.6 is 7.72 Å². The number of hydrogen-bond donors (Lipinski definition) is 6. The Bertz CT molecular complexity index is 1100. The maximum Gasteiger partial charge on any atom is 0.335 e. The molecule has 2 atom stereocenters. The van der Waals surface area contributed by atoms with Gasteiger partial charge in [-0.1, -0.05) is 84.9 Å². The number of aliphatic hydroxyl groups excluding tert-OH is 2. The van der Waals surface area contributed by atoms with Crippen molar-refractivity contribution in [1.29, 1.82) is 0 Å². The van der Waals surface area contributed by atoms with Crippen LogP contribution in [0.1, 0.15) is 22.0 Å². The molecule has 0 aromatic heterocycles. The summed E-state index contributed by atoms with van der Waals surface area (Å²) >= 11 is 0. The Kier molecular flexibility index (Phi) is 11.9. The Hall–Kier alpha value is -3.42. The standard InChI is InChI=1S/C12H12O2P.C9H13NO2.C7H6O2/c13-15(14,11-7-3-1-4-8-11)12-9-5-2-6-10-12;10-8(6-11)9(12)7-4-2-1-3-5-7;8-7(9)6-4-2-1-3-5-6/h1-10,13-14H;1-5,8-9,11-12H,6,10H2;1-5H,(H,8,9)/q+1;;. The SMILES string of the molecule is NC(CO)C(O)c1ccccc1.O=C(O)c1ccccc1.O[P+](O)(c1ccccc1)c1ccccc1. The molecular weight excluding hydrogens is 477 g/mol. The van der Waals surface area contributed by atoms with Crippen molar-refractivity contribution < 1.29 is 29.9 Å². The van der Waals surface area contributed by atoms with Crippen LogP contribution in [0.2, 0.25) is 0 Å². The van der Waals surface area contributed by atoms with E-state index < -0.39 is 25.8 Å². The predicted octanol–water partition coefficient (Wildman–Crippen LogP) is 2.89. The van der Waals surface area contributed by atoms with E-state index in [1.165, 1.54) is 0 Å². The van der Waals surface area contributed by atoms with Crippen LogP contribution in [0.15, 0.2) is 121 Å². The maximum atomic E-state index is 10.2. The first-order chi connectivity index (χ1) is 17.3. The molecule has 0 aliphatic carbocycles. The van der Waals surface area contributed by atoms with E-state index in [2.05, 4.69) is 0 Å². The molecular formula is C28H31NO6P+. The summed E-state index contributed by atoms with van der Waals surface area (Å²) in [6, 6.07) is 34.6. The molecule has 0 spiro atoms. The summed E-state index contributed by atoms with van der Waals surface area (Å²) in [5.74, 6) is -0.879. The van der Waals surface area contributed by atoms with E-state index in [9.17, 15) is 19.7 Å². The minimum atomic E-state index is -3.15. The Morgan fingerprint density at radius 2 is 1.06 bits per heavy atom. The van der Waals surface area contributed by atoms with Gasteiger partial charge in [0.2, 0.25) is 0 Å². The van der Waals surface area contributed by atoms with Gasteiger partial charge in [-0.05, 0) is 42.0 Å². The average Bonchev–Trinajstić information content (AvgIpc) is 2.95. The van der Waals surface area contributed by atoms with Gasteiger partial charge in [0.1, 0.15) is 0 Å². The summed E-state index contributed by atoms with van der Waals surface area (Å²) in [6.45, 7) is -0.212. The quantitative estimate of drug-likeness (QED) is 0.220. The van der Waals surface area contributed by atoms with E-state index in [-0.39, 0.29) is 6.61 Å². The first-order valence-electron chi connectivity index (χ1n) is 11.1. The Morgan fingerprint density at radius 3 is 1.39 bits per heavy atom. The number of carboxylic acid groups (broad SMARTS) is 1. The highest BCUT2D eigenvalue weighted by Gasteiger charge is 2.39. The van der Waals surface area contributed by atoms with Gasteiger partial charge < -0.3 is 21.1 Å². The zero-order valence-corrected chi connectivity index (χ0v) is 20.5. The van der Waals surface area contributed by atoms with Crippen molar-refractivity contribution in [3.8, 4) is 0 Å². The van der Waals surface area contributed by atoms with Gasteiger partial charge >= 0.3 is 13.7 Å². The number of benzene rings is 4. The largest absolute Gasteiger partial charge is 0.478 e. The minimum absolute atomic E-state index is 0.212. The molecule has 4 aromatic rings. The van der Waals surface area contributed by atoms with Crippen LogP contribution in [0, 0.1) is 0 Å². The van der Waals surface area contributed by atoms with Gasteiger partial charge in [0, 0.05) is 0 Å². The monoisotopic (exact) mass is 508 g/mol. The van der Waals surface area contributed by atoms with E-state index in [0.29, 0.717) is 16.2 Å². The van der Waals surface area contributed by atoms with Gasteiger partial charge in [0.15, 0.2) is 10.6 Å². The van der Waals surface area contributed by atoms with Crippen LogP contribution in [0.25, 0.3) is 0 Å². The Morgan fingerprint density at radius 1 is 0.694 bits per heavy atom. The molecule has 8 heteroatoms. The van der Waals surface area contributed by atoms with Crippen molar-refractivity contribution in [3.05, 3.63) is 132 Å². The molecule has 4 rings (SSSR count). The van der Waals surface area contributed by atoms with Gasteiger partial charge in [-0.25, -0.2) is 14.6 Å². The molecule has 4 aromatic carbocycles. The molecule has 7 N–H and O–H groups in total. The molecule has 0 radical (unpaired) electrons. The topological polar surface area (TPSA) is 144 Å². The van der Waals surface area contributed by atoms with Crippen LogP contribution < -0.4 is 16.3 Å². The van der Waals surface area contributed by atoms with Gasteiger partial charge in [-0.2, -0.15) is 0 Å². The lowest BCUT2D eigenvalue weighted by Gasteiger charge is -2.16. The van der Waals surface area contributed by atoms with Crippen LogP contribution in [0.5, 0.6) is 0 Å². The number of rotatable bonds is 6. The number of nitrogens with two attached hydrogens (primary N) is 1. The number of hydrogen-bond acceptors (Lipinski definition) is 6. The fraction of sp³-hybridized carbons (Fsp3) is 0.107. The van der Waals surface area contributed by atoms with Crippen molar-refractivity contribution in [2.45, 2.75) is 12.1 Å². The molecule has 0 fully saturated rings. The molecule has 2 unspecified atom stereocenters. The molecule has 0 aliphatic heterocycles. The number of carbonyl (C=O) groups is 1. The summed E-state index contributed by atoms with van der Waals surface area (Å²) in [4.78, 5) is 30.4. The van der Waals surface area contributed by atoms with Gasteiger partial charge in [0.25, 0.3) is 0 Å². The third kappa shape index (κ3) is 8.98. The summed E-state index contributed by atoms with van der Waals surface area (Å²) in [7, 11) is -3.15. The summed E-state index contributed by atoms with van der Waals surface area (Å²) < 4.78 is 0. The molecule has 0 heterocycles. The number of aromatic carboxylic acids is 1. The summed E-state index contributed by atoms with van der Waals surface area (Å²) in [5, 5.41) is 27.7. The second kappa shape index (κ2) is 14.9. The smallest absolute Gasteiger partial charge is 0.335 e. The van der Waals surface area contributed by atoms with Crippen LogP contribution in [-0.2, 0) is 0 Å². The average molecular weight is 509 g/mol. The molecule has 0 saturated heterocycles. The van der Waals surface area contributed by atoms with Crippen molar-refractivity contribution in [2.75, 3.05) is 6.61 Å². The lowest BCUT2D eigenvalue weighted by Crippen LogP contribution is -2.31. The van der Waals surface area contributed by atoms with E-state index in [1.807, 2.05) is 30.3 Å². The number of carboxylic acids is 1. The van der Waals surface area contributed by atoms with Crippen molar-refractivity contribution in [2.24, 2.45) is 5.73 Å². The van der Waals surface area contributed by atoms with E-state index in [4.69, 9.17) is 15.9 Å². The molecule has 0 bridgehead atoms. The van der Waals surface area contributed by atoms with Crippen LogP contribution in [-0.4, -0.2) is 43.7 Å². The maximum absolute atomic E-state index is 10.2. The van der Waals surface area contributed by atoms with E-state index in [1.54, 1.807) is 91.0 Å². The number of aliphatic hydroxyl groups is 2. The normalized spacial score (nSPS) is 12.1. The first kappa shape index (κ1) is 28.8. The van der Waals surface area contributed by atoms with Crippen LogP contribution in [0.3, 0.4) is 0 Å². The highest BCUT2D eigenvalue weighted by atomic mass is 31.2. The molecule has 0 aliphatic rings. The second-order valence-electron chi connectivity index (χ2n) is 7.65. The van der Waals surface area contributed by atoms with Gasteiger partial charge in [-0.3, -0.25) is 0 Å². The summed E-state index contributed by atoms with van der Waals surface area (Å²) in [5.41, 5.74) is 6.51. The third-order valence-electron chi connectivity index (χ3n) is 5.01. The van der Waals surface area contributed by atoms with Gasteiger partial charge in [0.05, 0.1) is 24.3 Å². The highest BCUT2D eigenvalue weighted by molar-refractivity contribution is 7.79. The second-order valence-corrected chi connectivity index (χ2v) is 9.88. The lowest BCUT2D eigenvalue weighted by molar-refractivity contribution is 0.0696. The Balaban J connectivity index is 0.000000197. The molecule has 188 valence electrons. The van der Waals surface area contributed by atoms with Crippen molar-refractivity contribution in [3.63, 3.8) is 0 Å². The first-order valence-corrected chi connectivity index (χ1v) is 12.8. The minimum Gasteiger partial charge on any atom is -0.478 e. The van der Waals surface area contributed by atoms with Gasteiger partial charge in [-0.15, -0.1) is 0 Å². The fourth-order valence-corrected chi connectivity index (χ4v) is 4.47. The van der Waals surface area contributed by atoms with Crippen LogP contribution in [0.4, 0.5) is 0 Å². The third-order valence-corrected chi connectivity index (χ3v) is 7.05. The summed E-state index contributed by atoms with van der Waals surface area (Å²) in [6.07, 6.45) is -0.781. The molecule has 0 amide bonds. The van der Waals surface area contributed by atoms with Crippen molar-refractivity contribution >= 4 is 24.3 Å². The fourth-order valence-electron chi connectivity index (χ4n) is 3.00.